The quantitative estimate of drug-likeness (QED) is 0.608. The molecule has 0 aromatic heterocycles. The van der Waals surface area contributed by atoms with Crippen molar-refractivity contribution in [2.45, 2.75) is 83.1 Å². The van der Waals surface area contributed by atoms with Gasteiger partial charge < -0.3 is 10.2 Å². The molecule has 1 aliphatic heterocycles. The van der Waals surface area contributed by atoms with E-state index < -0.39 is 0 Å². The maximum atomic E-state index is 13.9. The van der Waals surface area contributed by atoms with Crippen LogP contribution in [0.4, 0.5) is 4.39 Å². The zero-order valence-corrected chi connectivity index (χ0v) is 20.0. The summed E-state index contributed by atoms with van der Waals surface area (Å²) < 4.78 is 13.7. The van der Waals surface area contributed by atoms with E-state index in [9.17, 15) is 9.18 Å². The summed E-state index contributed by atoms with van der Waals surface area (Å²) in [6, 6.07) is 11.0. The minimum absolute atomic E-state index is 0.00635. The highest BCUT2D eigenvalue weighted by atomic mass is 19.1. The van der Waals surface area contributed by atoms with Crippen LogP contribution in [-0.4, -0.2) is 43.2 Å². The second-order valence-electron chi connectivity index (χ2n) is 12.2. The standard InChI is InChI=1S/C28H41FN2O/c1-21-8-12-31(13-9-21)17-22(2)30-25(32)28-16-23-14-26(19-28,10-11-29)18-27(15-23,20-28)24-6-4-3-5-7-24/h3-7,21-23H,8-20H2,1-2H3,(H,30,32)/t22-,23?,26-,27-,28?/m0/s1. The molecule has 5 fully saturated rings. The molecule has 4 heteroatoms. The van der Waals surface area contributed by atoms with E-state index in [1.165, 1.54) is 24.8 Å². The van der Waals surface area contributed by atoms with E-state index in [4.69, 9.17) is 0 Å². The highest BCUT2D eigenvalue weighted by molar-refractivity contribution is 5.84. The van der Waals surface area contributed by atoms with Gasteiger partial charge in [-0.1, -0.05) is 37.3 Å². The van der Waals surface area contributed by atoms with Gasteiger partial charge in [0, 0.05) is 12.6 Å². The Hall–Kier alpha value is -1.42. The van der Waals surface area contributed by atoms with Crippen molar-refractivity contribution in [2.75, 3.05) is 26.3 Å². The molecule has 176 valence electrons. The highest BCUT2D eigenvalue weighted by Gasteiger charge is 2.65. The number of nitrogens with one attached hydrogen (secondary N) is 1. The van der Waals surface area contributed by atoms with Gasteiger partial charge in [0.15, 0.2) is 0 Å². The van der Waals surface area contributed by atoms with Gasteiger partial charge in [-0.25, -0.2) is 0 Å². The van der Waals surface area contributed by atoms with E-state index in [-0.39, 0.29) is 34.9 Å². The van der Waals surface area contributed by atoms with Crippen LogP contribution in [0.2, 0.25) is 0 Å². The Morgan fingerprint density at radius 1 is 1.12 bits per heavy atom. The van der Waals surface area contributed by atoms with Crippen LogP contribution in [0, 0.1) is 22.7 Å². The van der Waals surface area contributed by atoms with Crippen LogP contribution in [0.25, 0.3) is 0 Å². The fourth-order valence-electron chi connectivity index (χ4n) is 8.54. The molecule has 0 spiro atoms. The van der Waals surface area contributed by atoms with E-state index in [0.717, 1.165) is 57.7 Å². The molecule has 0 radical (unpaired) electrons. The Balaban J connectivity index is 1.36. The molecule has 1 N–H and O–H groups in total. The van der Waals surface area contributed by atoms with Gasteiger partial charge in [0.05, 0.1) is 12.1 Å². The van der Waals surface area contributed by atoms with E-state index in [2.05, 4.69) is 54.4 Å². The van der Waals surface area contributed by atoms with Crippen LogP contribution in [0.15, 0.2) is 30.3 Å². The number of likely N-dealkylation sites (tertiary alicyclic amines) is 1. The summed E-state index contributed by atoms with van der Waals surface area (Å²) in [5.74, 6) is 1.62. The molecule has 32 heavy (non-hydrogen) atoms. The Bertz CT molecular complexity index is 822. The maximum Gasteiger partial charge on any atom is 0.226 e. The third-order valence-corrected chi connectivity index (χ3v) is 9.46. The topological polar surface area (TPSA) is 32.3 Å². The minimum atomic E-state index is -0.324. The molecule has 1 aromatic rings. The van der Waals surface area contributed by atoms with Crippen molar-refractivity contribution in [2.24, 2.45) is 22.7 Å². The molecule has 1 aromatic carbocycles. The van der Waals surface area contributed by atoms with Crippen molar-refractivity contribution in [1.29, 1.82) is 0 Å². The molecular weight excluding hydrogens is 399 g/mol. The second kappa shape index (κ2) is 8.42. The Morgan fingerprint density at radius 3 is 2.59 bits per heavy atom. The summed E-state index contributed by atoms with van der Waals surface area (Å²) in [5, 5.41) is 3.45. The van der Waals surface area contributed by atoms with E-state index in [0.29, 0.717) is 12.3 Å². The third-order valence-electron chi connectivity index (χ3n) is 9.46. The summed E-state index contributed by atoms with van der Waals surface area (Å²) >= 11 is 0. The molecule has 2 unspecified atom stereocenters. The fourth-order valence-corrected chi connectivity index (χ4v) is 8.54. The zero-order valence-electron chi connectivity index (χ0n) is 20.0. The van der Waals surface area contributed by atoms with Crippen LogP contribution in [0.5, 0.6) is 0 Å². The Morgan fingerprint density at radius 2 is 1.88 bits per heavy atom. The van der Waals surface area contributed by atoms with Gasteiger partial charge in [0.2, 0.25) is 5.91 Å². The van der Waals surface area contributed by atoms with Gasteiger partial charge in [0.25, 0.3) is 0 Å². The monoisotopic (exact) mass is 440 g/mol. The Labute approximate surface area is 193 Å². The summed E-state index contributed by atoms with van der Waals surface area (Å²) in [4.78, 5) is 16.4. The lowest BCUT2D eigenvalue weighted by molar-refractivity contribution is -0.165. The molecule has 4 saturated carbocycles. The van der Waals surface area contributed by atoms with Crippen LogP contribution in [0.3, 0.4) is 0 Å². The molecule has 1 saturated heterocycles. The fraction of sp³-hybridized carbons (Fsp3) is 0.750. The predicted octanol–water partition coefficient (Wildman–Crippen LogP) is 5.49. The number of hydrogen-bond donors (Lipinski definition) is 1. The number of carbonyl (C=O) groups excluding carboxylic acids is 1. The smallest absolute Gasteiger partial charge is 0.226 e. The second-order valence-corrected chi connectivity index (χ2v) is 12.2. The first-order valence-corrected chi connectivity index (χ1v) is 13.0. The summed E-state index contributed by atoms with van der Waals surface area (Å²) in [6.07, 6.45) is 9.30. The van der Waals surface area contributed by atoms with E-state index in [1.54, 1.807) is 0 Å². The molecule has 5 aliphatic rings. The van der Waals surface area contributed by atoms with Crippen LogP contribution in [0.1, 0.15) is 77.2 Å². The molecule has 4 aliphatic carbocycles. The number of alkyl halides is 1. The van der Waals surface area contributed by atoms with Crippen molar-refractivity contribution in [3.05, 3.63) is 35.9 Å². The van der Waals surface area contributed by atoms with Gasteiger partial charge in [-0.3, -0.25) is 9.18 Å². The third kappa shape index (κ3) is 4.02. The van der Waals surface area contributed by atoms with Crippen LogP contribution < -0.4 is 5.32 Å². The number of benzene rings is 1. The lowest BCUT2D eigenvalue weighted by Crippen LogP contribution is -2.63. The summed E-state index contributed by atoms with van der Waals surface area (Å²) in [6.45, 7) is 7.47. The van der Waals surface area contributed by atoms with Gasteiger partial charge in [-0.15, -0.1) is 0 Å². The molecule has 1 heterocycles. The molecule has 3 nitrogen and oxygen atoms in total. The van der Waals surface area contributed by atoms with Crippen LogP contribution in [-0.2, 0) is 10.2 Å². The van der Waals surface area contributed by atoms with Crippen molar-refractivity contribution >= 4 is 5.91 Å². The number of halogens is 1. The number of piperidine rings is 1. The maximum absolute atomic E-state index is 13.9. The Kier molecular flexibility index (Phi) is 5.89. The number of rotatable bonds is 7. The zero-order chi connectivity index (χ0) is 22.4. The molecule has 4 bridgehead atoms. The van der Waals surface area contributed by atoms with Crippen molar-refractivity contribution in [1.82, 2.24) is 10.2 Å². The number of carbonyl (C=O) groups is 1. The lowest BCUT2D eigenvalue weighted by Gasteiger charge is -2.66. The number of nitrogens with zero attached hydrogens (tertiary/aromatic N) is 1. The van der Waals surface area contributed by atoms with E-state index >= 15 is 0 Å². The number of amides is 1. The van der Waals surface area contributed by atoms with Crippen molar-refractivity contribution in [3.8, 4) is 0 Å². The lowest BCUT2D eigenvalue weighted by atomic mass is 9.38. The first-order chi connectivity index (χ1) is 15.4. The van der Waals surface area contributed by atoms with Gasteiger partial charge in [-0.2, -0.15) is 0 Å². The highest BCUT2D eigenvalue weighted by Crippen LogP contribution is 2.71. The summed E-state index contributed by atoms with van der Waals surface area (Å²) in [5.41, 5.74) is 1.09. The van der Waals surface area contributed by atoms with Crippen molar-refractivity contribution in [3.63, 3.8) is 0 Å². The average Bonchev–Trinajstić information content (AvgIpc) is 2.75. The van der Waals surface area contributed by atoms with Gasteiger partial charge >= 0.3 is 0 Å². The number of hydrogen-bond acceptors (Lipinski definition) is 2. The molecular formula is C28H41FN2O. The first-order valence-electron chi connectivity index (χ1n) is 13.0. The molecule has 6 rings (SSSR count). The molecule has 1 amide bonds. The predicted molar refractivity (Wildman–Crippen MR) is 127 cm³/mol. The largest absolute Gasteiger partial charge is 0.352 e. The van der Waals surface area contributed by atoms with Crippen LogP contribution >= 0.6 is 0 Å². The first kappa shape index (κ1) is 22.4. The summed E-state index contributed by atoms with van der Waals surface area (Å²) in [7, 11) is 0. The van der Waals surface area contributed by atoms with Gasteiger partial charge in [-0.05, 0) is 106 Å². The SMILES string of the molecule is CC1CCN(C[C@H](C)NC(=O)C23CC4C[C@](CCF)(C2)C[C@@](c2ccccc2)(C4)C3)CC1. The average molecular weight is 441 g/mol. The van der Waals surface area contributed by atoms with Gasteiger partial charge in [0.1, 0.15) is 0 Å². The minimum Gasteiger partial charge on any atom is -0.352 e. The normalized spacial score (nSPS) is 38.0. The van der Waals surface area contributed by atoms with E-state index in [1.807, 2.05) is 0 Å². The van der Waals surface area contributed by atoms with Crippen molar-refractivity contribution < 1.29 is 9.18 Å². The molecule has 5 atom stereocenters.